The molecule has 0 spiro atoms. The zero-order valence-corrected chi connectivity index (χ0v) is 15.1. The molecule has 0 saturated carbocycles. The highest BCUT2D eigenvalue weighted by Crippen LogP contribution is 2.23. The molecule has 1 unspecified atom stereocenters. The van der Waals surface area contributed by atoms with Crippen molar-refractivity contribution >= 4 is 11.6 Å². The van der Waals surface area contributed by atoms with Crippen molar-refractivity contribution in [3.8, 4) is 5.88 Å². The lowest BCUT2D eigenvalue weighted by Gasteiger charge is -2.28. The zero-order chi connectivity index (χ0) is 17.3. The predicted molar refractivity (Wildman–Crippen MR) is 92.9 cm³/mol. The van der Waals surface area contributed by atoms with Crippen molar-refractivity contribution in [2.45, 2.75) is 65.9 Å². The molecule has 1 rings (SSSR count). The maximum Gasteiger partial charge on any atom is 0.256 e. The number of hydrogen-bond donors (Lipinski definition) is 1. The molecular formula is C18H30N2O3. The maximum atomic E-state index is 12.6. The highest BCUT2D eigenvalue weighted by atomic mass is 16.5. The molecule has 0 aliphatic carbocycles. The summed E-state index contributed by atoms with van der Waals surface area (Å²) in [6.07, 6.45) is 5.01. The maximum absolute atomic E-state index is 12.6. The molecule has 0 aliphatic heterocycles. The summed E-state index contributed by atoms with van der Waals surface area (Å²) in [4.78, 5) is 16.9. The van der Waals surface area contributed by atoms with Gasteiger partial charge in [-0.05, 0) is 39.2 Å². The molecular weight excluding hydrogens is 292 g/mol. The summed E-state index contributed by atoms with van der Waals surface area (Å²) in [6.45, 7) is 11.1. The zero-order valence-electron chi connectivity index (χ0n) is 15.1. The number of ether oxygens (including phenoxy) is 2. The second-order valence-electron chi connectivity index (χ2n) is 5.98. The smallest absolute Gasteiger partial charge is 0.256 e. The summed E-state index contributed by atoms with van der Waals surface area (Å²) in [6, 6.07) is 1.88. The molecule has 1 atom stereocenters. The third kappa shape index (κ3) is 5.82. The highest BCUT2D eigenvalue weighted by molar-refractivity contribution is 5.97. The molecule has 23 heavy (non-hydrogen) atoms. The van der Waals surface area contributed by atoms with Crippen LogP contribution in [0.25, 0.3) is 0 Å². The van der Waals surface area contributed by atoms with Gasteiger partial charge in [0, 0.05) is 12.2 Å². The summed E-state index contributed by atoms with van der Waals surface area (Å²) >= 11 is 0. The molecule has 0 aromatic carbocycles. The quantitative estimate of drug-likeness (QED) is 0.704. The minimum Gasteiger partial charge on any atom is -0.477 e. The van der Waals surface area contributed by atoms with Gasteiger partial charge in [0.1, 0.15) is 5.60 Å². The first-order valence-electron chi connectivity index (χ1n) is 8.51. The van der Waals surface area contributed by atoms with Crippen LogP contribution < -0.4 is 10.1 Å². The molecule has 130 valence electrons. The molecule has 5 nitrogen and oxygen atoms in total. The van der Waals surface area contributed by atoms with Gasteiger partial charge in [-0.1, -0.05) is 27.2 Å². The summed E-state index contributed by atoms with van der Waals surface area (Å²) < 4.78 is 11.4. The second-order valence-corrected chi connectivity index (χ2v) is 5.98. The summed E-state index contributed by atoms with van der Waals surface area (Å²) in [5.74, 6) is 0.486. The molecule has 1 aromatic rings. The van der Waals surface area contributed by atoms with E-state index in [1.807, 2.05) is 33.8 Å². The van der Waals surface area contributed by atoms with Crippen LogP contribution in [0.1, 0.15) is 58.9 Å². The van der Waals surface area contributed by atoms with Crippen LogP contribution >= 0.6 is 0 Å². The third-order valence-electron chi connectivity index (χ3n) is 3.56. The second kappa shape index (κ2) is 9.50. The fourth-order valence-electron chi connectivity index (χ4n) is 2.30. The van der Waals surface area contributed by atoms with Crippen molar-refractivity contribution in [1.82, 2.24) is 4.98 Å². The topological polar surface area (TPSA) is 60.5 Å². The molecule has 1 N–H and O–H groups in total. The first-order chi connectivity index (χ1) is 11.0. The number of nitrogens with zero attached hydrogens (tertiary/aromatic N) is 1. The Bertz CT molecular complexity index is 505. The highest BCUT2D eigenvalue weighted by Gasteiger charge is 2.33. The molecule has 1 heterocycles. The van der Waals surface area contributed by atoms with Gasteiger partial charge in [-0.2, -0.15) is 0 Å². The Kier molecular flexibility index (Phi) is 8.03. The van der Waals surface area contributed by atoms with E-state index in [1.165, 1.54) is 0 Å². The van der Waals surface area contributed by atoms with Crippen LogP contribution in [0.3, 0.4) is 0 Å². The van der Waals surface area contributed by atoms with Gasteiger partial charge < -0.3 is 14.8 Å². The molecule has 0 aliphatic rings. The average Bonchev–Trinajstić information content (AvgIpc) is 2.52. The summed E-state index contributed by atoms with van der Waals surface area (Å²) in [5.41, 5.74) is 0.762. The lowest BCUT2D eigenvalue weighted by atomic mass is 9.99. The van der Waals surface area contributed by atoms with Crippen molar-refractivity contribution < 1.29 is 14.3 Å². The average molecular weight is 322 g/mol. The number of carbonyl (C=O) groups excluding carboxylic acids is 1. The van der Waals surface area contributed by atoms with Gasteiger partial charge in [-0.25, -0.2) is 4.98 Å². The van der Waals surface area contributed by atoms with Gasteiger partial charge in [-0.3, -0.25) is 4.79 Å². The first-order valence-corrected chi connectivity index (χ1v) is 8.51. The van der Waals surface area contributed by atoms with E-state index in [0.717, 1.165) is 24.8 Å². The van der Waals surface area contributed by atoms with E-state index in [0.29, 0.717) is 31.2 Å². The van der Waals surface area contributed by atoms with E-state index < -0.39 is 5.60 Å². The minimum absolute atomic E-state index is 0.128. The number of anilines is 1. The van der Waals surface area contributed by atoms with E-state index in [1.54, 1.807) is 6.20 Å². The van der Waals surface area contributed by atoms with Crippen LogP contribution in [-0.2, 0) is 9.53 Å². The van der Waals surface area contributed by atoms with Crippen molar-refractivity contribution in [2.24, 2.45) is 0 Å². The fraction of sp³-hybridized carbons (Fsp3) is 0.667. The largest absolute Gasteiger partial charge is 0.477 e. The van der Waals surface area contributed by atoms with Crippen molar-refractivity contribution in [1.29, 1.82) is 0 Å². The normalized spacial score (nSPS) is 13.4. The Morgan fingerprint density at radius 2 is 1.91 bits per heavy atom. The molecule has 0 saturated heterocycles. The fourth-order valence-corrected chi connectivity index (χ4v) is 2.30. The molecule has 1 aromatic heterocycles. The number of aromatic nitrogens is 1. The van der Waals surface area contributed by atoms with Crippen molar-refractivity contribution in [3.05, 3.63) is 17.8 Å². The molecule has 0 radical (unpaired) electrons. The molecule has 5 heteroatoms. The number of aryl methyl sites for hydroxylation is 1. The lowest BCUT2D eigenvalue weighted by molar-refractivity contribution is -0.140. The lowest BCUT2D eigenvalue weighted by Crippen LogP contribution is -2.43. The number of hydrogen-bond acceptors (Lipinski definition) is 4. The van der Waals surface area contributed by atoms with Gasteiger partial charge in [0.05, 0.1) is 18.5 Å². The molecule has 1 amide bonds. The van der Waals surface area contributed by atoms with Gasteiger partial charge in [0.2, 0.25) is 5.88 Å². The van der Waals surface area contributed by atoms with Crippen LogP contribution in [0, 0.1) is 6.92 Å². The Hall–Kier alpha value is -1.62. The van der Waals surface area contributed by atoms with Crippen molar-refractivity contribution in [2.75, 3.05) is 18.5 Å². The molecule has 0 bridgehead atoms. The van der Waals surface area contributed by atoms with E-state index in [9.17, 15) is 4.79 Å². The summed E-state index contributed by atoms with van der Waals surface area (Å²) in [5, 5.41) is 2.92. The monoisotopic (exact) mass is 322 g/mol. The van der Waals surface area contributed by atoms with Crippen LogP contribution in [0.2, 0.25) is 0 Å². The summed E-state index contributed by atoms with van der Waals surface area (Å²) in [7, 11) is 0. The number of nitrogens with one attached hydrogen (secondary N) is 1. The van der Waals surface area contributed by atoms with Gasteiger partial charge in [-0.15, -0.1) is 0 Å². The Labute approximate surface area is 139 Å². The van der Waals surface area contributed by atoms with Crippen molar-refractivity contribution in [3.63, 3.8) is 0 Å². The van der Waals surface area contributed by atoms with E-state index in [2.05, 4.69) is 17.2 Å². The molecule has 0 fully saturated rings. The number of rotatable bonds is 10. The van der Waals surface area contributed by atoms with Crippen LogP contribution in [0.4, 0.5) is 5.69 Å². The number of amides is 1. The van der Waals surface area contributed by atoms with Crippen LogP contribution in [-0.4, -0.2) is 29.7 Å². The van der Waals surface area contributed by atoms with Gasteiger partial charge in [0.25, 0.3) is 5.91 Å². The Morgan fingerprint density at radius 1 is 1.22 bits per heavy atom. The predicted octanol–water partition coefficient (Wildman–Crippen LogP) is 4.10. The van der Waals surface area contributed by atoms with Gasteiger partial charge >= 0.3 is 0 Å². The van der Waals surface area contributed by atoms with E-state index in [-0.39, 0.29) is 5.91 Å². The SMILES string of the molecule is CCCOc1ncc(NC(=O)C(C)(CCC)OCCC)cc1C. The van der Waals surface area contributed by atoms with Crippen LogP contribution in [0.5, 0.6) is 5.88 Å². The Morgan fingerprint density at radius 3 is 2.48 bits per heavy atom. The van der Waals surface area contributed by atoms with E-state index >= 15 is 0 Å². The number of pyridine rings is 1. The van der Waals surface area contributed by atoms with E-state index in [4.69, 9.17) is 9.47 Å². The first kappa shape index (κ1) is 19.4. The van der Waals surface area contributed by atoms with Gasteiger partial charge in [0.15, 0.2) is 0 Å². The standard InChI is InChI=1S/C18H30N2O3/c1-6-9-18(5,23-11-8-3)17(21)20-15-12-14(4)16(19-13-15)22-10-7-2/h12-13H,6-11H2,1-5H3,(H,20,21). The Balaban J connectivity index is 2.79. The van der Waals surface area contributed by atoms with Crippen LogP contribution in [0.15, 0.2) is 12.3 Å². The minimum atomic E-state index is -0.809. The number of carbonyl (C=O) groups is 1. The third-order valence-corrected chi connectivity index (χ3v) is 3.56.